The van der Waals surface area contributed by atoms with E-state index in [9.17, 15) is 18.4 Å². The highest BCUT2D eigenvalue weighted by Crippen LogP contribution is 2.26. The van der Waals surface area contributed by atoms with Gasteiger partial charge in [-0.05, 0) is 49.9 Å². The van der Waals surface area contributed by atoms with Crippen molar-refractivity contribution in [2.45, 2.75) is 31.7 Å². The van der Waals surface area contributed by atoms with Crippen molar-refractivity contribution in [1.82, 2.24) is 20.1 Å². The van der Waals surface area contributed by atoms with Gasteiger partial charge in [-0.1, -0.05) is 12.1 Å². The summed E-state index contributed by atoms with van der Waals surface area (Å²) in [4.78, 5) is 28.6. The molecule has 4 rings (SSSR count). The summed E-state index contributed by atoms with van der Waals surface area (Å²) in [6, 6.07) is 10.3. The van der Waals surface area contributed by atoms with Crippen LogP contribution in [0.1, 0.15) is 36.2 Å². The van der Waals surface area contributed by atoms with Crippen molar-refractivity contribution in [1.29, 1.82) is 0 Å². The van der Waals surface area contributed by atoms with Gasteiger partial charge in [0.1, 0.15) is 23.0 Å². The number of aromatic nitrogens is 3. The number of halogens is 2. The van der Waals surface area contributed by atoms with Gasteiger partial charge in [0.05, 0.1) is 6.20 Å². The van der Waals surface area contributed by atoms with E-state index in [1.165, 1.54) is 22.9 Å². The smallest absolute Gasteiger partial charge is 0.270 e. The highest BCUT2D eigenvalue weighted by Gasteiger charge is 2.28. The second-order valence-electron chi connectivity index (χ2n) is 7.47. The van der Waals surface area contributed by atoms with Gasteiger partial charge in [0.2, 0.25) is 5.91 Å². The molecule has 0 bridgehead atoms. The molecule has 0 unspecified atom stereocenters. The van der Waals surface area contributed by atoms with Crippen LogP contribution in [0.25, 0.3) is 5.69 Å². The van der Waals surface area contributed by atoms with E-state index in [2.05, 4.69) is 20.7 Å². The Kier molecular flexibility index (Phi) is 6.01. The Labute approximate surface area is 177 Å². The predicted octanol–water partition coefficient (Wildman–Crippen LogP) is 3.47. The highest BCUT2D eigenvalue weighted by atomic mass is 19.1. The molecule has 1 aromatic carbocycles. The fraction of sp³-hybridized carbons (Fsp3) is 0.273. The predicted molar refractivity (Wildman–Crippen MR) is 110 cm³/mol. The molecule has 1 fully saturated rings. The number of benzene rings is 1. The fourth-order valence-electron chi connectivity index (χ4n) is 3.66. The number of para-hydroxylation sites is 1. The van der Waals surface area contributed by atoms with E-state index in [1.807, 2.05) is 0 Å². The second-order valence-corrected chi connectivity index (χ2v) is 7.47. The molecule has 31 heavy (non-hydrogen) atoms. The maximum absolute atomic E-state index is 13.9. The number of anilines is 1. The number of carbonyl (C=O) groups excluding carboxylic acids is 2. The van der Waals surface area contributed by atoms with Crippen LogP contribution >= 0.6 is 0 Å². The van der Waals surface area contributed by atoms with Crippen LogP contribution in [0, 0.1) is 17.6 Å². The number of hydrogen-bond donors (Lipinski definition) is 2. The largest absolute Gasteiger partial charge is 0.348 e. The van der Waals surface area contributed by atoms with E-state index >= 15 is 0 Å². The molecule has 9 heteroatoms. The third kappa shape index (κ3) is 4.93. The molecule has 3 aromatic rings. The molecule has 0 atom stereocenters. The molecule has 0 spiro atoms. The zero-order valence-electron chi connectivity index (χ0n) is 16.6. The number of carbonyl (C=O) groups is 2. The molecule has 1 aliphatic rings. The SMILES string of the molecule is O=C(NC1CCC(C(=O)Nc2ccn(-c3ccccc3F)n2)CC1)c1ccc(F)cn1. The maximum atomic E-state index is 13.9. The van der Waals surface area contributed by atoms with Crippen molar-refractivity contribution in [3.8, 4) is 5.69 Å². The summed E-state index contributed by atoms with van der Waals surface area (Å²) < 4.78 is 28.2. The molecule has 7 nitrogen and oxygen atoms in total. The average molecular weight is 425 g/mol. The molecule has 0 radical (unpaired) electrons. The quantitative estimate of drug-likeness (QED) is 0.655. The van der Waals surface area contributed by atoms with E-state index in [4.69, 9.17) is 0 Å². The van der Waals surface area contributed by atoms with E-state index in [0.29, 0.717) is 37.2 Å². The number of pyridine rings is 1. The van der Waals surface area contributed by atoms with Gasteiger partial charge in [0, 0.05) is 24.2 Å². The molecule has 2 amide bonds. The molecule has 2 N–H and O–H groups in total. The Morgan fingerprint density at radius 3 is 2.48 bits per heavy atom. The Morgan fingerprint density at radius 1 is 1.00 bits per heavy atom. The first-order valence-corrected chi connectivity index (χ1v) is 10.0. The lowest BCUT2D eigenvalue weighted by Gasteiger charge is -2.28. The van der Waals surface area contributed by atoms with E-state index in [1.54, 1.807) is 30.5 Å². The van der Waals surface area contributed by atoms with Gasteiger partial charge in [-0.2, -0.15) is 0 Å². The second kappa shape index (κ2) is 9.03. The molecule has 1 aliphatic carbocycles. The van der Waals surface area contributed by atoms with Crippen LogP contribution in [0.4, 0.5) is 14.6 Å². The Bertz CT molecular complexity index is 1080. The summed E-state index contributed by atoms with van der Waals surface area (Å²) in [6.07, 6.45) is 5.11. The number of hydrogen-bond acceptors (Lipinski definition) is 4. The molecule has 2 heterocycles. The number of nitrogens with zero attached hydrogens (tertiary/aromatic N) is 3. The van der Waals surface area contributed by atoms with Gasteiger partial charge >= 0.3 is 0 Å². The van der Waals surface area contributed by atoms with Crippen molar-refractivity contribution < 1.29 is 18.4 Å². The molecular weight excluding hydrogens is 404 g/mol. The third-order valence-electron chi connectivity index (χ3n) is 5.33. The average Bonchev–Trinajstić information content (AvgIpc) is 3.23. The van der Waals surface area contributed by atoms with Crippen LogP contribution < -0.4 is 10.6 Å². The van der Waals surface area contributed by atoms with Gasteiger partial charge in [0.15, 0.2) is 5.82 Å². The van der Waals surface area contributed by atoms with E-state index < -0.39 is 11.6 Å². The minimum Gasteiger partial charge on any atom is -0.348 e. The summed E-state index contributed by atoms with van der Waals surface area (Å²) in [6.45, 7) is 0. The topological polar surface area (TPSA) is 88.9 Å². The Hall–Kier alpha value is -3.62. The third-order valence-corrected chi connectivity index (χ3v) is 5.33. The number of amides is 2. The normalized spacial score (nSPS) is 18.4. The van der Waals surface area contributed by atoms with Crippen LogP contribution in [0.5, 0.6) is 0 Å². The minimum absolute atomic E-state index is 0.0660. The van der Waals surface area contributed by atoms with Gasteiger partial charge in [-0.15, -0.1) is 5.10 Å². The molecule has 1 saturated carbocycles. The summed E-state index contributed by atoms with van der Waals surface area (Å²) in [5.41, 5.74) is 0.460. The Balaban J connectivity index is 1.28. The molecule has 0 saturated heterocycles. The zero-order chi connectivity index (χ0) is 21.8. The molecule has 2 aromatic heterocycles. The lowest BCUT2D eigenvalue weighted by molar-refractivity contribution is -0.120. The van der Waals surface area contributed by atoms with E-state index in [0.717, 1.165) is 6.20 Å². The number of nitrogens with one attached hydrogen (secondary N) is 2. The minimum atomic E-state index is -0.498. The van der Waals surface area contributed by atoms with Crippen LogP contribution in [-0.2, 0) is 4.79 Å². The monoisotopic (exact) mass is 425 g/mol. The summed E-state index contributed by atoms with van der Waals surface area (Å²) in [5, 5.41) is 9.89. The zero-order valence-corrected chi connectivity index (χ0v) is 16.6. The molecular formula is C22H21F2N5O2. The van der Waals surface area contributed by atoms with Crippen LogP contribution in [0.3, 0.4) is 0 Å². The number of rotatable bonds is 5. The molecule has 0 aliphatic heterocycles. The first-order valence-electron chi connectivity index (χ1n) is 10.0. The van der Waals surface area contributed by atoms with Crippen LogP contribution in [0.15, 0.2) is 54.9 Å². The molecule has 160 valence electrons. The van der Waals surface area contributed by atoms with Crippen LogP contribution in [-0.4, -0.2) is 32.6 Å². The van der Waals surface area contributed by atoms with Crippen molar-refractivity contribution in [3.63, 3.8) is 0 Å². The summed E-state index contributed by atoms with van der Waals surface area (Å²) in [5.74, 6) is -1.25. The Morgan fingerprint density at radius 2 is 1.77 bits per heavy atom. The summed E-state index contributed by atoms with van der Waals surface area (Å²) >= 11 is 0. The van der Waals surface area contributed by atoms with Gasteiger partial charge in [0.25, 0.3) is 5.91 Å². The van der Waals surface area contributed by atoms with Crippen molar-refractivity contribution in [3.05, 3.63) is 72.2 Å². The van der Waals surface area contributed by atoms with Crippen molar-refractivity contribution in [2.75, 3.05) is 5.32 Å². The van der Waals surface area contributed by atoms with Gasteiger partial charge < -0.3 is 10.6 Å². The van der Waals surface area contributed by atoms with Gasteiger partial charge in [-0.25, -0.2) is 18.4 Å². The fourth-order valence-corrected chi connectivity index (χ4v) is 3.66. The van der Waals surface area contributed by atoms with Crippen LogP contribution in [0.2, 0.25) is 0 Å². The highest BCUT2D eigenvalue weighted by molar-refractivity contribution is 5.93. The van der Waals surface area contributed by atoms with Crippen molar-refractivity contribution >= 4 is 17.6 Å². The standard InChI is InChI=1S/C22H21F2N5O2/c23-15-7-10-18(25-13-15)22(31)26-16-8-5-14(6-9-16)21(30)27-20-11-12-29(28-20)19-4-2-1-3-17(19)24/h1-4,7,10-14,16H,5-6,8-9H2,(H,26,31)(H,27,28,30). The van der Waals surface area contributed by atoms with Gasteiger partial charge in [-0.3, -0.25) is 9.59 Å². The van der Waals surface area contributed by atoms with Crippen molar-refractivity contribution in [2.24, 2.45) is 5.92 Å². The van der Waals surface area contributed by atoms with E-state index in [-0.39, 0.29) is 29.5 Å². The lowest BCUT2D eigenvalue weighted by Crippen LogP contribution is -2.39. The maximum Gasteiger partial charge on any atom is 0.270 e. The lowest BCUT2D eigenvalue weighted by atomic mass is 9.85. The first kappa shape index (κ1) is 20.6. The summed E-state index contributed by atoms with van der Waals surface area (Å²) in [7, 11) is 0. The first-order chi connectivity index (χ1) is 15.0.